The SMILES string of the molecule is CC(C)C(NCC(=O)Nc1sccc1C(N)=O)C(=O)O. The fourth-order valence-electron chi connectivity index (χ4n) is 1.58. The van der Waals surface area contributed by atoms with E-state index in [2.05, 4.69) is 10.6 Å². The third-order valence-electron chi connectivity index (χ3n) is 2.60. The molecule has 1 aromatic rings. The Kier molecular flexibility index (Phi) is 5.66. The maximum Gasteiger partial charge on any atom is 0.320 e. The molecule has 20 heavy (non-hydrogen) atoms. The lowest BCUT2D eigenvalue weighted by Crippen LogP contribution is -2.44. The highest BCUT2D eigenvalue weighted by molar-refractivity contribution is 7.14. The lowest BCUT2D eigenvalue weighted by molar-refractivity contribution is -0.140. The quantitative estimate of drug-likeness (QED) is 0.583. The molecule has 1 atom stereocenters. The Balaban J connectivity index is 2.58. The molecular weight excluding hydrogens is 282 g/mol. The summed E-state index contributed by atoms with van der Waals surface area (Å²) in [5.74, 6) is -2.22. The zero-order chi connectivity index (χ0) is 15.3. The first kappa shape index (κ1) is 16.1. The number of carbonyl (C=O) groups excluding carboxylic acids is 2. The number of nitrogens with one attached hydrogen (secondary N) is 2. The maximum atomic E-state index is 11.7. The van der Waals surface area contributed by atoms with E-state index in [0.717, 1.165) is 0 Å². The molecule has 0 aliphatic rings. The van der Waals surface area contributed by atoms with Crippen molar-refractivity contribution >= 4 is 34.1 Å². The summed E-state index contributed by atoms with van der Waals surface area (Å²) in [6, 6.07) is 0.712. The Hall–Kier alpha value is -1.93. The van der Waals surface area contributed by atoms with Gasteiger partial charge >= 0.3 is 5.97 Å². The lowest BCUT2D eigenvalue weighted by Gasteiger charge is -2.17. The van der Waals surface area contributed by atoms with E-state index in [1.54, 1.807) is 19.2 Å². The molecule has 0 radical (unpaired) electrons. The van der Waals surface area contributed by atoms with Crippen LogP contribution in [0.3, 0.4) is 0 Å². The van der Waals surface area contributed by atoms with Crippen LogP contribution in [0, 0.1) is 5.92 Å². The van der Waals surface area contributed by atoms with Crippen LogP contribution in [0.15, 0.2) is 11.4 Å². The van der Waals surface area contributed by atoms with Crippen molar-refractivity contribution in [2.75, 3.05) is 11.9 Å². The first-order valence-electron chi connectivity index (χ1n) is 5.96. The third kappa shape index (κ3) is 4.32. The van der Waals surface area contributed by atoms with Crippen LogP contribution in [0.2, 0.25) is 0 Å². The number of thiophene rings is 1. The highest BCUT2D eigenvalue weighted by atomic mass is 32.1. The van der Waals surface area contributed by atoms with Crippen molar-refractivity contribution in [3.05, 3.63) is 17.0 Å². The van der Waals surface area contributed by atoms with Gasteiger partial charge in [-0.15, -0.1) is 11.3 Å². The van der Waals surface area contributed by atoms with Crippen molar-refractivity contribution in [2.24, 2.45) is 11.7 Å². The number of amides is 2. The van der Waals surface area contributed by atoms with Crippen LogP contribution >= 0.6 is 11.3 Å². The highest BCUT2D eigenvalue weighted by Crippen LogP contribution is 2.22. The second-order valence-electron chi connectivity index (χ2n) is 4.52. The number of carboxylic acids is 1. The van der Waals surface area contributed by atoms with Crippen LogP contribution in [0.4, 0.5) is 5.00 Å². The Labute approximate surface area is 120 Å². The molecule has 0 fully saturated rings. The highest BCUT2D eigenvalue weighted by Gasteiger charge is 2.22. The minimum atomic E-state index is -1.01. The van der Waals surface area contributed by atoms with Gasteiger partial charge in [-0.2, -0.15) is 0 Å². The van der Waals surface area contributed by atoms with Gasteiger partial charge in [-0.3, -0.25) is 19.7 Å². The van der Waals surface area contributed by atoms with Crippen molar-refractivity contribution in [3.63, 3.8) is 0 Å². The minimum absolute atomic E-state index is 0.150. The number of hydrogen-bond donors (Lipinski definition) is 4. The summed E-state index contributed by atoms with van der Waals surface area (Å²) >= 11 is 1.18. The van der Waals surface area contributed by atoms with E-state index in [4.69, 9.17) is 10.8 Å². The van der Waals surface area contributed by atoms with Crippen molar-refractivity contribution in [2.45, 2.75) is 19.9 Å². The third-order valence-corrected chi connectivity index (χ3v) is 3.43. The number of nitrogens with two attached hydrogens (primary N) is 1. The van der Waals surface area contributed by atoms with Crippen molar-refractivity contribution in [1.82, 2.24) is 5.32 Å². The summed E-state index contributed by atoms with van der Waals surface area (Å²) in [6.07, 6.45) is 0. The van der Waals surface area contributed by atoms with Crippen LogP contribution in [0.5, 0.6) is 0 Å². The topological polar surface area (TPSA) is 122 Å². The fraction of sp³-hybridized carbons (Fsp3) is 0.417. The minimum Gasteiger partial charge on any atom is -0.480 e. The molecule has 0 saturated carbocycles. The number of primary amides is 1. The van der Waals surface area contributed by atoms with Gasteiger partial charge in [0, 0.05) is 0 Å². The van der Waals surface area contributed by atoms with E-state index >= 15 is 0 Å². The van der Waals surface area contributed by atoms with Gasteiger partial charge in [-0.1, -0.05) is 13.8 Å². The van der Waals surface area contributed by atoms with E-state index in [1.165, 1.54) is 17.4 Å². The Bertz CT molecular complexity index is 513. The Morgan fingerprint density at radius 1 is 1.40 bits per heavy atom. The van der Waals surface area contributed by atoms with E-state index in [-0.39, 0.29) is 18.0 Å². The van der Waals surface area contributed by atoms with Gasteiger partial charge in [0.05, 0.1) is 12.1 Å². The Morgan fingerprint density at radius 2 is 2.05 bits per heavy atom. The largest absolute Gasteiger partial charge is 0.480 e. The van der Waals surface area contributed by atoms with E-state index in [9.17, 15) is 14.4 Å². The molecule has 0 spiro atoms. The number of rotatable bonds is 7. The van der Waals surface area contributed by atoms with Crippen LogP contribution in [0.1, 0.15) is 24.2 Å². The first-order chi connectivity index (χ1) is 9.32. The summed E-state index contributed by atoms with van der Waals surface area (Å²) in [7, 11) is 0. The molecule has 1 rings (SSSR count). The van der Waals surface area contributed by atoms with Gasteiger partial charge in [-0.25, -0.2) is 0 Å². The van der Waals surface area contributed by atoms with Gasteiger partial charge < -0.3 is 16.2 Å². The number of hydrogen-bond acceptors (Lipinski definition) is 5. The average Bonchev–Trinajstić information content (AvgIpc) is 2.76. The normalized spacial score (nSPS) is 12.2. The lowest BCUT2D eigenvalue weighted by atomic mass is 10.1. The Morgan fingerprint density at radius 3 is 2.55 bits per heavy atom. The molecule has 1 aromatic heterocycles. The molecule has 0 saturated heterocycles. The van der Waals surface area contributed by atoms with Gasteiger partial charge in [0.2, 0.25) is 5.91 Å². The van der Waals surface area contributed by atoms with Crippen molar-refractivity contribution in [1.29, 1.82) is 0 Å². The zero-order valence-electron chi connectivity index (χ0n) is 11.2. The van der Waals surface area contributed by atoms with Crippen LogP contribution in [-0.2, 0) is 9.59 Å². The molecule has 2 amide bonds. The number of carbonyl (C=O) groups is 3. The maximum absolute atomic E-state index is 11.7. The second kappa shape index (κ2) is 7.01. The molecule has 0 aliphatic heterocycles. The smallest absolute Gasteiger partial charge is 0.320 e. The monoisotopic (exact) mass is 299 g/mol. The van der Waals surface area contributed by atoms with Gasteiger partial charge in [0.25, 0.3) is 5.91 Å². The molecule has 5 N–H and O–H groups in total. The average molecular weight is 299 g/mol. The first-order valence-corrected chi connectivity index (χ1v) is 6.84. The van der Waals surface area contributed by atoms with Gasteiger partial charge in [-0.05, 0) is 17.4 Å². The molecule has 1 heterocycles. The predicted molar refractivity (Wildman–Crippen MR) is 75.7 cm³/mol. The molecule has 110 valence electrons. The number of anilines is 1. The summed E-state index contributed by atoms with van der Waals surface area (Å²) in [5.41, 5.74) is 5.40. The van der Waals surface area contributed by atoms with E-state index in [0.29, 0.717) is 5.00 Å². The standard InChI is InChI=1S/C12H17N3O4S/c1-6(2)9(12(18)19)14-5-8(16)15-11-7(10(13)17)3-4-20-11/h3-4,6,9,14H,5H2,1-2H3,(H2,13,17)(H,15,16)(H,18,19). The molecule has 0 aliphatic carbocycles. The predicted octanol–water partition coefficient (Wildman–Crippen LogP) is 0.484. The van der Waals surface area contributed by atoms with Crippen LogP contribution in [0.25, 0.3) is 0 Å². The van der Waals surface area contributed by atoms with Crippen molar-refractivity contribution in [3.8, 4) is 0 Å². The fourth-order valence-corrected chi connectivity index (χ4v) is 2.39. The molecular formula is C12H17N3O4S. The summed E-state index contributed by atoms with van der Waals surface area (Å²) < 4.78 is 0. The molecule has 0 aromatic carbocycles. The van der Waals surface area contributed by atoms with Gasteiger partial charge in [0.1, 0.15) is 11.0 Å². The molecule has 7 nitrogen and oxygen atoms in total. The van der Waals surface area contributed by atoms with E-state index in [1.807, 2.05) is 0 Å². The van der Waals surface area contributed by atoms with Crippen LogP contribution < -0.4 is 16.4 Å². The second-order valence-corrected chi connectivity index (χ2v) is 5.43. The number of aliphatic carboxylic acids is 1. The summed E-state index contributed by atoms with van der Waals surface area (Å²) in [4.78, 5) is 33.8. The number of carboxylic acid groups (broad SMARTS) is 1. The van der Waals surface area contributed by atoms with Crippen LogP contribution in [-0.4, -0.2) is 35.5 Å². The van der Waals surface area contributed by atoms with E-state index < -0.39 is 23.8 Å². The summed E-state index contributed by atoms with van der Waals surface area (Å²) in [6.45, 7) is 3.33. The summed E-state index contributed by atoms with van der Waals surface area (Å²) in [5, 5.41) is 16.2. The van der Waals surface area contributed by atoms with Gasteiger partial charge in [0.15, 0.2) is 0 Å². The molecule has 1 unspecified atom stereocenters. The molecule has 0 bridgehead atoms. The zero-order valence-corrected chi connectivity index (χ0v) is 12.0. The van der Waals surface area contributed by atoms with Crippen molar-refractivity contribution < 1.29 is 19.5 Å². The molecule has 8 heteroatoms.